The van der Waals surface area contributed by atoms with E-state index in [1.54, 1.807) is 7.11 Å². The second-order valence-electron chi connectivity index (χ2n) is 6.53. The Morgan fingerprint density at radius 1 is 1.33 bits per heavy atom. The van der Waals surface area contributed by atoms with Crippen molar-refractivity contribution in [3.63, 3.8) is 0 Å². The number of hydrogen-bond acceptors (Lipinski definition) is 3. The standard InChI is InChI=1S/C16H32N2O3/c1-12(2)10-13(8-9-19)11-17-16(20)18-14-6-4-5-7-15(14)21-3/h12-15,19H,4-11H2,1-3H3,(H2,17,18,20). The highest BCUT2D eigenvalue weighted by atomic mass is 16.5. The average molecular weight is 300 g/mol. The number of urea groups is 1. The molecular weight excluding hydrogens is 268 g/mol. The zero-order valence-corrected chi connectivity index (χ0v) is 13.7. The molecular formula is C16H32N2O3. The summed E-state index contributed by atoms with van der Waals surface area (Å²) in [6.07, 6.45) is 6.21. The Labute approximate surface area is 128 Å². The summed E-state index contributed by atoms with van der Waals surface area (Å²) in [5, 5.41) is 15.1. The molecule has 1 rings (SSSR count). The van der Waals surface area contributed by atoms with Crippen LogP contribution in [-0.2, 0) is 4.74 Å². The fourth-order valence-corrected chi connectivity index (χ4v) is 3.15. The van der Waals surface area contributed by atoms with Gasteiger partial charge in [-0.25, -0.2) is 4.79 Å². The lowest BCUT2D eigenvalue weighted by molar-refractivity contribution is 0.0451. The van der Waals surface area contributed by atoms with Crippen LogP contribution in [0.15, 0.2) is 0 Å². The van der Waals surface area contributed by atoms with E-state index in [-0.39, 0.29) is 24.8 Å². The quantitative estimate of drug-likeness (QED) is 0.644. The summed E-state index contributed by atoms with van der Waals surface area (Å²) in [4.78, 5) is 12.0. The number of amides is 2. The van der Waals surface area contributed by atoms with Crippen LogP contribution < -0.4 is 10.6 Å². The van der Waals surface area contributed by atoms with E-state index in [4.69, 9.17) is 9.84 Å². The van der Waals surface area contributed by atoms with E-state index in [1.807, 2.05) is 0 Å². The van der Waals surface area contributed by atoms with Crippen molar-refractivity contribution in [3.8, 4) is 0 Å². The van der Waals surface area contributed by atoms with Gasteiger partial charge in [-0.05, 0) is 37.5 Å². The Hall–Kier alpha value is -0.810. The molecule has 3 unspecified atom stereocenters. The van der Waals surface area contributed by atoms with E-state index >= 15 is 0 Å². The number of aliphatic hydroxyl groups excluding tert-OH is 1. The minimum atomic E-state index is -0.115. The molecule has 5 heteroatoms. The summed E-state index contributed by atoms with van der Waals surface area (Å²) in [7, 11) is 1.71. The minimum absolute atomic E-state index is 0.115. The van der Waals surface area contributed by atoms with E-state index in [1.165, 1.54) is 6.42 Å². The van der Waals surface area contributed by atoms with Crippen molar-refractivity contribution in [3.05, 3.63) is 0 Å². The van der Waals surface area contributed by atoms with Gasteiger partial charge in [0, 0.05) is 20.3 Å². The molecule has 1 saturated carbocycles. The van der Waals surface area contributed by atoms with Gasteiger partial charge in [-0.2, -0.15) is 0 Å². The summed E-state index contributed by atoms with van der Waals surface area (Å²) >= 11 is 0. The summed E-state index contributed by atoms with van der Waals surface area (Å²) in [6.45, 7) is 5.12. The maximum absolute atomic E-state index is 12.0. The normalized spacial score (nSPS) is 23.9. The molecule has 21 heavy (non-hydrogen) atoms. The predicted molar refractivity (Wildman–Crippen MR) is 84.2 cm³/mol. The van der Waals surface area contributed by atoms with Gasteiger partial charge in [0.25, 0.3) is 0 Å². The molecule has 2 amide bonds. The van der Waals surface area contributed by atoms with E-state index in [0.29, 0.717) is 18.4 Å². The highest BCUT2D eigenvalue weighted by Crippen LogP contribution is 2.20. The molecule has 1 aliphatic rings. The van der Waals surface area contributed by atoms with Gasteiger partial charge in [0.05, 0.1) is 12.1 Å². The first-order valence-electron chi connectivity index (χ1n) is 8.24. The topological polar surface area (TPSA) is 70.6 Å². The monoisotopic (exact) mass is 300 g/mol. The number of methoxy groups -OCH3 is 1. The van der Waals surface area contributed by atoms with Crippen LogP contribution in [0.1, 0.15) is 52.4 Å². The minimum Gasteiger partial charge on any atom is -0.396 e. The zero-order chi connectivity index (χ0) is 15.7. The van der Waals surface area contributed by atoms with E-state index in [9.17, 15) is 4.79 Å². The number of ether oxygens (including phenoxy) is 1. The van der Waals surface area contributed by atoms with Crippen LogP contribution in [0.2, 0.25) is 0 Å². The molecule has 0 heterocycles. The highest BCUT2D eigenvalue weighted by molar-refractivity contribution is 5.74. The molecule has 0 bridgehead atoms. The van der Waals surface area contributed by atoms with Crippen LogP contribution in [0.5, 0.6) is 0 Å². The van der Waals surface area contributed by atoms with Crippen LogP contribution in [0.3, 0.4) is 0 Å². The van der Waals surface area contributed by atoms with E-state index < -0.39 is 0 Å². The molecule has 1 fully saturated rings. The van der Waals surface area contributed by atoms with Crippen LogP contribution in [0.4, 0.5) is 4.79 Å². The molecule has 0 aliphatic heterocycles. The lowest BCUT2D eigenvalue weighted by atomic mass is 9.92. The Morgan fingerprint density at radius 3 is 2.67 bits per heavy atom. The number of nitrogens with one attached hydrogen (secondary N) is 2. The number of aliphatic hydroxyl groups is 1. The van der Waals surface area contributed by atoms with Gasteiger partial charge in [0.15, 0.2) is 0 Å². The molecule has 1 aliphatic carbocycles. The lowest BCUT2D eigenvalue weighted by Crippen LogP contribution is -2.50. The Balaban J connectivity index is 2.34. The van der Waals surface area contributed by atoms with Crippen molar-refractivity contribution in [2.45, 2.75) is 64.5 Å². The van der Waals surface area contributed by atoms with Crippen molar-refractivity contribution in [2.75, 3.05) is 20.3 Å². The summed E-state index contributed by atoms with van der Waals surface area (Å²) in [5.74, 6) is 0.910. The maximum Gasteiger partial charge on any atom is 0.315 e. The third-order valence-corrected chi connectivity index (χ3v) is 4.22. The Bertz CT molecular complexity index is 297. The fourth-order valence-electron chi connectivity index (χ4n) is 3.15. The molecule has 5 nitrogen and oxygen atoms in total. The summed E-state index contributed by atoms with van der Waals surface area (Å²) < 4.78 is 5.45. The van der Waals surface area contributed by atoms with Crippen LogP contribution in [-0.4, -0.2) is 43.5 Å². The number of rotatable bonds is 8. The largest absolute Gasteiger partial charge is 0.396 e. The van der Waals surface area contributed by atoms with Gasteiger partial charge >= 0.3 is 6.03 Å². The molecule has 124 valence electrons. The number of carbonyl (C=O) groups is 1. The van der Waals surface area contributed by atoms with Crippen LogP contribution in [0, 0.1) is 11.8 Å². The summed E-state index contributed by atoms with van der Waals surface area (Å²) in [5.41, 5.74) is 0. The predicted octanol–water partition coefficient (Wildman–Crippen LogP) is 2.29. The van der Waals surface area contributed by atoms with E-state index in [2.05, 4.69) is 24.5 Å². The average Bonchev–Trinajstić information content (AvgIpc) is 2.45. The Morgan fingerprint density at radius 2 is 2.05 bits per heavy atom. The molecule has 0 aromatic heterocycles. The maximum atomic E-state index is 12.0. The summed E-state index contributed by atoms with van der Waals surface area (Å²) in [6, 6.07) is 0.000728. The van der Waals surface area contributed by atoms with Gasteiger partial charge in [-0.3, -0.25) is 0 Å². The SMILES string of the molecule is COC1CCCCC1NC(=O)NCC(CCO)CC(C)C. The molecule has 0 aromatic rings. The molecule has 0 saturated heterocycles. The van der Waals surface area contributed by atoms with Gasteiger partial charge in [0.2, 0.25) is 0 Å². The first-order chi connectivity index (χ1) is 10.1. The third kappa shape index (κ3) is 7.14. The van der Waals surface area contributed by atoms with Gasteiger partial charge in [-0.15, -0.1) is 0 Å². The smallest absolute Gasteiger partial charge is 0.315 e. The first kappa shape index (κ1) is 18.2. The van der Waals surface area contributed by atoms with Crippen molar-refractivity contribution in [1.29, 1.82) is 0 Å². The molecule has 3 atom stereocenters. The van der Waals surface area contributed by atoms with Crippen molar-refractivity contribution in [2.24, 2.45) is 11.8 Å². The third-order valence-electron chi connectivity index (χ3n) is 4.22. The number of hydrogen-bond donors (Lipinski definition) is 3. The highest BCUT2D eigenvalue weighted by Gasteiger charge is 2.26. The zero-order valence-electron chi connectivity index (χ0n) is 13.7. The van der Waals surface area contributed by atoms with Gasteiger partial charge < -0.3 is 20.5 Å². The first-order valence-corrected chi connectivity index (χ1v) is 8.24. The van der Waals surface area contributed by atoms with Crippen molar-refractivity contribution in [1.82, 2.24) is 10.6 Å². The van der Waals surface area contributed by atoms with Crippen LogP contribution >= 0.6 is 0 Å². The van der Waals surface area contributed by atoms with Crippen molar-refractivity contribution < 1.29 is 14.6 Å². The second kappa shape index (κ2) is 10.0. The number of carbonyl (C=O) groups excluding carboxylic acids is 1. The Kier molecular flexibility index (Phi) is 8.69. The molecule has 0 spiro atoms. The lowest BCUT2D eigenvalue weighted by Gasteiger charge is -2.31. The van der Waals surface area contributed by atoms with Gasteiger partial charge in [-0.1, -0.05) is 26.7 Å². The second-order valence-corrected chi connectivity index (χ2v) is 6.53. The molecule has 3 N–H and O–H groups in total. The fraction of sp³-hybridized carbons (Fsp3) is 0.938. The van der Waals surface area contributed by atoms with Gasteiger partial charge in [0.1, 0.15) is 0 Å². The van der Waals surface area contributed by atoms with E-state index in [0.717, 1.165) is 32.1 Å². The van der Waals surface area contributed by atoms with Crippen molar-refractivity contribution >= 4 is 6.03 Å². The van der Waals surface area contributed by atoms with Crippen LogP contribution in [0.25, 0.3) is 0 Å². The molecule has 0 aromatic carbocycles. The molecule has 0 radical (unpaired) electrons.